The van der Waals surface area contributed by atoms with Gasteiger partial charge in [-0.3, -0.25) is 14.2 Å². The first-order valence-electron chi connectivity index (χ1n) is 12.7. The summed E-state index contributed by atoms with van der Waals surface area (Å²) >= 11 is 0. The number of fused-ring (bicyclic) bond motifs is 1. The Balaban J connectivity index is 1.77. The van der Waals surface area contributed by atoms with Crippen LogP contribution in [0.3, 0.4) is 0 Å². The van der Waals surface area contributed by atoms with Crippen LogP contribution in [0.25, 0.3) is 0 Å². The van der Waals surface area contributed by atoms with Gasteiger partial charge < -0.3 is 24.4 Å². The minimum Gasteiger partial charge on any atom is -0.462 e. The summed E-state index contributed by atoms with van der Waals surface area (Å²) in [6, 6.07) is 0. The molecule has 8 atom stereocenters. The topological polar surface area (TPSA) is 130 Å². The number of hydrogen-bond acceptors (Lipinski definition) is 6. The number of rotatable bonds is 8. The van der Waals surface area contributed by atoms with Gasteiger partial charge in [0, 0.05) is 12.3 Å². The van der Waals surface area contributed by atoms with Crippen molar-refractivity contribution in [2.24, 2.45) is 35.0 Å². The van der Waals surface area contributed by atoms with Crippen molar-refractivity contribution in [1.29, 1.82) is 0 Å². The molecule has 3 aliphatic rings. The van der Waals surface area contributed by atoms with E-state index in [9.17, 15) is 29.0 Å². The van der Waals surface area contributed by atoms with Gasteiger partial charge in [0.15, 0.2) is 0 Å². The van der Waals surface area contributed by atoms with Crippen LogP contribution in [-0.4, -0.2) is 51.3 Å². The Morgan fingerprint density at radius 3 is 2.57 bits per heavy atom. The van der Waals surface area contributed by atoms with Gasteiger partial charge in [-0.05, 0) is 62.4 Å². The molecule has 8 nitrogen and oxygen atoms in total. The molecule has 1 unspecified atom stereocenters. The number of aliphatic hydroxyl groups excluding tert-OH is 1. The standard InChI is InChI=1S/C26H41O8P/c1-15-10-18-7-6-16(2)21(9-8-20-12-19(27)13-23(28)33-20)24(18)22(11-15)34-25(29)26(4,5)17(3)14-35(30,31)32/h6-7,10,15-17,19-22,24,27H,8-9,11-14H2,1-5H3,(H2,30,31,32)/t15-,16-,17?,19+,20-,21-,22-,24-/m1/s1. The zero-order valence-electron chi connectivity index (χ0n) is 21.4. The molecule has 1 saturated heterocycles. The fourth-order valence-electron chi connectivity index (χ4n) is 5.71. The highest BCUT2D eigenvalue weighted by atomic mass is 31.2. The van der Waals surface area contributed by atoms with E-state index in [4.69, 9.17) is 9.47 Å². The number of allylic oxidation sites excluding steroid dienone is 3. The monoisotopic (exact) mass is 512 g/mol. The molecule has 3 N–H and O–H groups in total. The van der Waals surface area contributed by atoms with Crippen molar-refractivity contribution < 1.29 is 38.5 Å². The normalized spacial score (nSPS) is 34.5. The van der Waals surface area contributed by atoms with E-state index >= 15 is 0 Å². The molecule has 2 aliphatic carbocycles. The van der Waals surface area contributed by atoms with E-state index in [2.05, 4.69) is 32.1 Å². The number of carbonyl (C=O) groups is 2. The Morgan fingerprint density at radius 2 is 1.94 bits per heavy atom. The second kappa shape index (κ2) is 10.9. The molecule has 0 radical (unpaired) electrons. The van der Waals surface area contributed by atoms with Crippen LogP contribution in [-0.2, 0) is 23.6 Å². The summed E-state index contributed by atoms with van der Waals surface area (Å²) in [6.45, 7) is 9.27. The highest BCUT2D eigenvalue weighted by Crippen LogP contribution is 2.47. The maximum Gasteiger partial charge on any atom is 0.325 e. The third kappa shape index (κ3) is 7.06. The van der Waals surface area contributed by atoms with Crippen LogP contribution in [0.4, 0.5) is 0 Å². The minimum atomic E-state index is -4.26. The average molecular weight is 513 g/mol. The molecule has 0 aromatic rings. The summed E-state index contributed by atoms with van der Waals surface area (Å²) in [5.41, 5.74) is 0.0930. The number of aliphatic hydroxyl groups is 1. The third-order valence-corrected chi connectivity index (χ3v) is 9.20. The Hall–Kier alpha value is -1.47. The molecule has 1 fully saturated rings. The van der Waals surface area contributed by atoms with E-state index in [1.54, 1.807) is 20.8 Å². The quantitative estimate of drug-likeness (QED) is 0.329. The Kier molecular flexibility index (Phi) is 8.73. The van der Waals surface area contributed by atoms with Crippen molar-refractivity contribution in [2.75, 3.05) is 6.16 Å². The number of esters is 2. The van der Waals surface area contributed by atoms with Crippen molar-refractivity contribution in [1.82, 2.24) is 0 Å². The second-order valence-electron chi connectivity index (χ2n) is 11.5. The van der Waals surface area contributed by atoms with Gasteiger partial charge in [-0.15, -0.1) is 0 Å². The van der Waals surface area contributed by atoms with E-state index in [0.717, 1.165) is 12.0 Å². The van der Waals surface area contributed by atoms with Gasteiger partial charge in [-0.1, -0.05) is 39.0 Å². The van der Waals surface area contributed by atoms with Crippen LogP contribution < -0.4 is 0 Å². The van der Waals surface area contributed by atoms with Gasteiger partial charge in [0.05, 0.1) is 24.1 Å². The number of hydrogen-bond donors (Lipinski definition) is 3. The van der Waals surface area contributed by atoms with Crippen LogP contribution in [0.5, 0.6) is 0 Å². The molecule has 0 aromatic carbocycles. The van der Waals surface area contributed by atoms with Crippen LogP contribution >= 0.6 is 7.60 Å². The van der Waals surface area contributed by atoms with E-state index in [-0.39, 0.29) is 54.4 Å². The lowest BCUT2D eigenvalue weighted by atomic mass is 9.65. The van der Waals surface area contributed by atoms with E-state index in [1.807, 2.05) is 0 Å². The van der Waals surface area contributed by atoms with Crippen molar-refractivity contribution in [2.45, 2.75) is 85.0 Å². The fourth-order valence-corrected chi connectivity index (χ4v) is 6.88. The van der Waals surface area contributed by atoms with Gasteiger partial charge in [0.2, 0.25) is 0 Å². The van der Waals surface area contributed by atoms with Crippen molar-refractivity contribution in [3.8, 4) is 0 Å². The molecule has 1 heterocycles. The summed E-state index contributed by atoms with van der Waals surface area (Å²) in [5, 5.41) is 9.96. The SMILES string of the molecule is CC(CP(=O)(O)O)C(C)(C)C(=O)O[C@@H]1C[C@H](C)C=C2C=C[C@@H](C)[C@@H](CC[C@@H]3C[C@H](O)CC(=O)O3)[C@@H]21. The van der Waals surface area contributed by atoms with Gasteiger partial charge in [0.1, 0.15) is 12.2 Å². The molecule has 0 aromatic heterocycles. The lowest BCUT2D eigenvalue weighted by molar-refractivity contribution is -0.168. The Bertz CT molecular complexity index is 903. The molecule has 198 valence electrons. The molecule has 0 saturated carbocycles. The molecule has 1 aliphatic heterocycles. The molecule has 0 amide bonds. The van der Waals surface area contributed by atoms with Gasteiger partial charge >= 0.3 is 19.5 Å². The average Bonchev–Trinajstić information content (AvgIpc) is 2.71. The second-order valence-corrected chi connectivity index (χ2v) is 13.2. The molecule has 3 rings (SSSR count). The summed E-state index contributed by atoms with van der Waals surface area (Å²) < 4.78 is 23.1. The zero-order chi connectivity index (χ0) is 26.1. The van der Waals surface area contributed by atoms with Crippen molar-refractivity contribution >= 4 is 19.5 Å². The summed E-state index contributed by atoms with van der Waals surface area (Å²) in [5.74, 6) is -0.740. The van der Waals surface area contributed by atoms with Gasteiger partial charge in [-0.2, -0.15) is 0 Å². The van der Waals surface area contributed by atoms with Crippen molar-refractivity contribution in [3.05, 3.63) is 23.8 Å². The van der Waals surface area contributed by atoms with E-state index < -0.39 is 31.0 Å². The fraction of sp³-hybridized carbons (Fsp3) is 0.769. The maximum absolute atomic E-state index is 13.3. The Labute approximate surface area is 208 Å². The predicted molar refractivity (Wildman–Crippen MR) is 131 cm³/mol. The maximum atomic E-state index is 13.3. The van der Waals surface area contributed by atoms with Gasteiger partial charge in [-0.25, -0.2) is 0 Å². The predicted octanol–water partition coefficient (Wildman–Crippen LogP) is 3.99. The van der Waals surface area contributed by atoms with Gasteiger partial charge in [0.25, 0.3) is 0 Å². The molecule has 0 bridgehead atoms. The van der Waals surface area contributed by atoms with Crippen molar-refractivity contribution in [3.63, 3.8) is 0 Å². The lowest BCUT2D eigenvalue weighted by Gasteiger charge is -2.44. The first kappa shape index (κ1) is 28.1. The number of cyclic esters (lactones) is 1. The largest absolute Gasteiger partial charge is 0.462 e. The summed E-state index contributed by atoms with van der Waals surface area (Å²) in [4.78, 5) is 43.9. The van der Waals surface area contributed by atoms with E-state index in [1.165, 1.54) is 0 Å². The van der Waals surface area contributed by atoms with Crippen LogP contribution in [0.15, 0.2) is 23.8 Å². The smallest absolute Gasteiger partial charge is 0.325 e. The summed E-state index contributed by atoms with van der Waals surface area (Å²) in [7, 11) is -4.26. The first-order chi connectivity index (χ1) is 16.2. The van der Waals surface area contributed by atoms with Crippen LogP contribution in [0.1, 0.15) is 66.7 Å². The summed E-state index contributed by atoms with van der Waals surface area (Å²) in [6.07, 6.45) is 7.39. The minimum absolute atomic E-state index is 0.00717. The lowest BCUT2D eigenvalue weighted by Crippen LogP contribution is -2.44. The molecule has 0 spiro atoms. The first-order valence-corrected chi connectivity index (χ1v) is 14.5. The zero-order valence-corrected chi connectivity index (χ0v) is 22.3. The Morgan fingerprint density at radius 1 is 1.26 bits per heavy atom. The number of carbonyl (C=O) groups excluding carboxylic acids is 2. The molecular formula is C26H41O8P. The molecule has 35 heavy (non-hydrogen) atoms. The van der Waals surface area contributed by atoms with Crippen LogP contribution in [0, 0.1) is 35.0 Å². The number of ether oxygens (including phenoxy) is 2. The van der Waals surface area contributed by atoms with E-state index in [0.29, 0.717) is 19.3 Å². The van der Waals surface area contributed by atoms with Crippen LogP contribution in [0.2, 0.25) is 0 Å². The third-order valence-electron chi connectivity index (χ3n) is 8.18. The molecular weight excluding hydrogens is 471 g/mol. The molecule has 9 heteroatoms. The highest BCUT2D eigenvalue weighted by molar-refractivity contribution is 7.51. The highest BCUT2D eigenvalue weighted by Gasteiger charge is 2.45.